The van der Waals surface area contributed by atoms with Crippen LogP contribution in [0.5, 0.6) is 0 Å². The van der Waals surface area contributed by atoms with Gasteiger partial charge in [0, 0.05) is 5.56 Å². The number of benzene rings is 1. The third kappa shape index (κ3) is 2.35. The van der Waals surface area contributed by atoms with Crippen molar-refractivity contribution in [3.8, 4) is 0 Å². The summed E-state index contributed by atoms with van der Waals surface area (Å²) in [6, 6.07) is 6.39. The molecule has 0 amide bonds. The van der Waals surface area contributed by atoms with E-state index in [9.17, 15) is 9.59 Å². The highest BCUT2D eigenvalue weighted by atomic mass is 32.2. The average molecular weight is 210 g/mol. The van der Waals surface area contributed by atoms with Gasteiger partial charge in [-0.05, 0) is 30.5 Å². The fraction of sp³-hybridized carbons (Fsp3) is 0.200. The predicted octanol–water partition coefficient (Wildman–Crippen LogP) is 1.98. The molecule has 0 aliphatic heterocycles. The topological polar surface area (TPSA) is 43.4 Å². The zero-order chi connectivity index (χ0) is 10.6. The number of carbonyl (C=O) groups is 2. The number of thioether (sulfide) groups is 1. The number of rotatable bonds is 2. The molecule has 0 N–H and O–H groups in total. The van der Waals surface area contributed by atoms with Crippen molar-refractivity contribution >= 4 is 22.8 Å². The third-order valence-corrected chi connectivity index (χ3v) is 2.33. The minimum absolute atomic E-state index is 0.0126. The van der Waals surface area contributed by atoms with Gasteiger partial charge < -0.3 is 4.74 Å². The van der Waals surface area contributed by atoms with E-state index in [0.29, 0.717) is 11.1 Å². The minimum atomic E-state index is -0.395. The van der Waals surface area contributed by atoms with Crippen LogP contribution in [0.1, 0.15) is 20.7 Å². The molecule has 0 heterocycles. The van der Waals surface area contributed by atoms with Crippen molar-refractivity contribution in [3.05, 3.63) is 35.4 Å². The van der Waals surface area contributed by atoms with E-state index in [0.717, 1.165) is 11.8 Å². The number of esters is 1. The maximum atomic E-state index is 11.2. The Kier molecular flexibility index (Phi) is 3.71. The highest BCUT2D eigenvalue weighted by molar-refractivity contribution is 8.13. The quantitative estimate of drug-likeness (QED) is 0.700. The van der Waals surface area contributed by atoms with E-state index in [1.54, 1.807) is 30.5 Å². The van der Waals surface area contributed by atoms with Crippen LogP contribution in [0.2, 0.25) is 0 Å². The fourth-order valence-electron chi connectivity index (χ4n) is 0.978. The molecule has 0 bridgehead atoms. The molecule has 3 nitrogen and oxygen atoms in total. The van der Waals surface area contributed by atoms with E-state index in [2.05, 4.69) is 4.74 Å². The maximum Gasteiger partial charge on any atom is 0.337 e. The molecule has 0 aromatic heterocycles. The second-order valence-corrected chi connectivity index (χ2v) is 3.34. The summed E-state index contributed by atoms with van der Waals surface area (Å²) >= 11 is 1.14. The van der Waals surface area contributed by atoms with Crippen LogP contribution in [0, 0.1) is 0 Å². The van der Waals surface area contributed by atoms with Gasteiger partial charge in [-0.2, -0.15) is 0 Å². The second-order valence-electron chi connectivity index (χ2n) is 2.56. The molecule has 0 unspecified atom stereocenters. The number of ether oxygens (including phenoxy) is 1. The van der Waals surface area contributed by atoms with E-state index < -0.39 is 5.97 Å². The summed E-state index contributed by atoms with van der Waals surface area (Å²) in [6.07, 6.45) is 1.72. The summed E-state index contributed by atoms with van der Waals surface area (Å²) in [5.41, 5.74) is 1.04. The van der Waals surface area contributed by atoms with Gasteiger partial charge in [-0.25, -0.2) is 4.79 Å². The summed E-state index contributed by atoms with van der Waals surface area (Å²) in [5.74, 6) is -0.395. The number of methoxy groups -OCH3 is 1. The van der Waals surface area contributed by atoms with Crippen molar-refractivity contribution in [1.29, 1.82) is 0 Å². The van der Waals surface area contributed by atoms with Crippen LogP contribution < -0.4 is 0 Å². The Balaban J connectivity index is 2.89. The summed E-state index contributed by atoms with van der Waals surface area (Å²) in [7, 11) is 1.32. The molecule has 0 saturated heterocycles. The van der Waals surface area contributed by atoms with E-state index in [4.69, 9.17) is 0 Å². The van der Waals surface area contributed by atoms with E-state index in [-0.39, 0.29) is 5.12 Å². The summed E-state index contributed by atoms with van der Waals surface area (Å²) in [5, 5.41) is -0.0126. The normalized spacial score (nSPS) is 9.57. The van der Waals surface area contributed by atoms with Gasteiger partial charge in [0.2, 0.25) is 5.12 Å². The van der Waals surface area contributed by atoms with Gasteiger partial charge in [-0.1, -0.05) is 11.8 Å². The molecule has 0 atom stereocenters. The third-order valence-electron chi connectivity index (χ3n) is 1.73. The van der Waals surface area contributed by atoms with Crippen molar-refractivity contribution in [2.75, 3.05) is 13.4 Å². The number of hydrogen-bond donors (Lipinski definition) is 0. The average Bonchev–Trinajstić information content (AvgIpc) is 2.27. The SMILES string of the molecule is COC(=O)c1ccc(C(=O)SC)cc1. The largest absolute Gasteiger partial charge is 0.465 e. The van der Waals surface area contributed by atoms with Crippen LogP contribution in [-0.2, 0) is 4.74 Å². The summed E-state index contributed by atoms with van der Waals surface area (Å²) in [4.78, 5) is 22.3. The molecule has 0 saturated carbocycles. The lowest BCUT2D eigenvalue weighted by molar-refractivity contribution is 0.0600. The van der Waals surface area contributed by atoms with Crippen LogP contribution in [0.25, 0.3) is 0 Å². The van der Waals surface area contributed by atoms with Crippen molar-refractivity contribution < 1.29 is 14.3 Å². The predicted molar refractivity (Wildman–Crippen MR) is 55.6 cm³/mol. The van der Waals surface area contributed by atoms with E-state index in [1.165, 1.54) is 7.11 Å². The highest BCUT2D eigenvalue weighted by Crippen LogP contribution is 2.11. The van der Waals surface area contributed by atoms with Gasteiger partial charge in [-0.3, -0.25) is 4.79 Å². The Morgan fingerprint density at radius 2 is 1.64 bits per heavy atom. The second kappa shape index (κ2) is 4.81. The lowest BCUT2D eigenvalue weighted by Crippen LogP contribution is -2.01. The Hall–Kier alpha value is -1.29. The van der Waals surface area contributed by atoms with E-state index >= 15 is 0 Å². The Morgan fingerprint density at radius 3 is 2.07 bits per heavy atom. The molecule has 14 heavy (non-hydrogen) atoms. The molecule has 1 rings (SSSR count). The van der Waals surface area contributed by atoms with Crippen molar-refractivity contribution in [2.45, 2.75) is 0 Å². The van der Waals surface area contributed by atoms with Crippen molar-refractivity contribution in [3.63, 3.8) is 0 Å². The Labute approximate surface area is 86.5 Å². The molecule has 0 spiro atoms. The van der Waals surface area contributed by atoms with Gasteiger partial charge in [0.05, 0.1) is 12.7 Å². The number of carbonyl (C=O) groups excluding carboxylic acids is 2. The first-order chi connectivity index (χ1) is 6.69. The molecule has 1 aromatic rings. The van der Waals surface area contributed by atoms with Crippen molar-refractivity contribution in [1.82, 2.24) is 0 Å². The van der Waals surface area contributed by atoms with Crippen LogP contribution in [-0.4, -0.2) is 24.5 Å². The summed E-state index contributed by atoms with van der Waals surface area (Å²) < 4.78 is 4.53. The standard InChI is InChI=1S/C10H10O3S/c1-13-9(11)7-3-5-8(6-4-7)10(12)14-2/h3-6H,1-2H3. The monoisotopic (exact) mass is 210 g/mol. The minimum Gasteiger partial charge on any atom is -0.465 e. The smallest absolute Gasteiger partial charge is 0.337 e. The molecular weight excluding hydrogens is 200 g/mol. The molecular formula is C10H10O3S. The van der Waals surface area contributed by atoms with Gasteiger partial charge in [0.25, 0.3) is 0 Å². The Morgan fingerprint density at radius 1 is 1.14 bits per heavy atom. The molecule has 0 radical (unpaired) electrons. The zero-order valence-corrected chi connectivity index (χ0v) is 8.76. The van der Waals surface area contributed by atoms with Crippen LogP contribution in [0.15, 0.2) is 24.3 Å². The van der Waals surface area contributed by atoms with Gasteiger partial charge >= 0.3 is 5.97 Å². The molecule has 0 fully saturated rings. The van der Waals surface area contributed by atoms with E-state index in [1.807, 2.05) is 0 Å². The van der Waals surface area contributed by atoms with Crippen LogP contribution in [0.3, 0.4) is 0 Å². The lowest BCUT2D eigenvalue weighted by atomic mass is 10.1. The highest BCUT2D eigenvalue weighted by Gasteiger charge is 2.07. The van der Waals surface area contributed by atoms with Crippen LogP contribution >= 0.6 is 11.8 Å². The maximum absolute atomic E-state index is 11.2. The van der Waals surface area contributed by atoms with Crippen LogP contribution in [0.4, 0.5) is 0 Å². The fourth-order valence-corrected chi connectivity index (χ4v) is 1.35. The van der Waals surface area contributed by atoms with Crippen molar-refractivity contribution in [2.24, 2.45) is 0 Å². The molecule has 1 aromatic carbocycles. The number of hydrogen-bond acceptors (Lipinski definition) is 4. The molecule has 74 valence electrons. The molecule has 4 heteroatoms. The first-order valence-corrected chi connectivity index (χ1v) is 5.18. The molecule has 0 aliphatic rings. The Bertz CT molecular complexity index is 308. The van der Waals surface area contributed by atoms with Gasteiger partial charge in [0.1, 0.15) is 0 Å². The zero-order valence-electron chi connectivity index (χ0n) is 7.94. The first kappa shape index (κ1) is 10.8. The molecule has 0 aliphatic carbocycles. The lowest BCUT2D eigenvalue weighted by Gasteiger charge is -2.00. The summed E-state index contributed by atoms with van der Waals surface area (Å²) in [6.45, 7) is 0. The van der Waals surface area contributed by atoms with Gasteiger partial charge in [-0.15, -0.1) is 0 Å². The van der Waals surface area contributed by atoms with Gasteiger partial charge in [0.15, 0.2) is 0 Å². The first-order valence-electron chi connectivity index (χ1n) is 3.95.